The van der Waals surface area contributed by atoms with Crippen molar-refractivity contribution >= 4 is 11.6 Å². The molecular weight excluding hydrogens is 545 g/mol. The van der Waals surface area contributed by atoms with Crippen LogP contribution in [0.4, 0.5) is 10.1 Å². The third-order valence-electron chi connectivity index (χ3n) is 8.95. The minimum absolute atomic E-state index is 0.0290. The molecule has 5 atom stereocenters. The molecule has 3 aliphatic heterocycles. The van der Waals surface area contributed by atoms with Crippen LogP contribution in [0.15, 0.2) is 66.9 Å². The molecule has 1 N–H and O–H groups in total. The molecule has 0 radical (unpaired) electrons. The van der Waals surface area contributed by atoms with Crippen LogP contribution in [0.2, 0.25) is 0 Å². The van der Waals surface area contributed by atoms with Crippen molar-refractivity contribution in [3.8, 4) is 5.88 Å². The summed E-state index contributed by atoms with van der Waals surface area (Å²) in [5, 5.41) is 3.64. The fourth-order valence-electron chi connectivity index (χ4n) is 6.62. The first-order valence-electron chi connectivity index (χ1n) is 15.4. The predicted molar refractivity (Wildman–Crippen MR) is 165 cm³/mol. The maximum absolute atomic E-state index is 14.5. The van der Waals surface area contributed by atoms with E-state index in [1.807, 2.05) is 41.3 Å². The van der Waals surface area contributed by atoms with Crippen molar-refractivity contribution in [1.29, 1.82) is 0 Å². The summed E-state index contributed by atoms with van der Waals surface area (Å²) in [5.74, 6) is 0.229. The predicted octanol–water partition coefficient (Wildman–Crippen LogP) is 4.05. The van der Waals surface area contributed by atoms with Crippen LogP contribution >= 0.6 is 0 Å². The van der Waals surface area contributed by atoms with Crippen molar-refractivity contribution in [2.24, 2.45) is 0 Å². The zero-order valence-corrected chi connectivity index (χ0v) is 25.3. The Labute approximate surface area is 253 Å². The number of hydrogen-bond donors (Lipinski definition) is 1. The number of piperazine rings is 1. The van der Waals surface area contributed by atoms with Crippen molar-refractivity contribution in [1.82, 2.24) is 20.1 Å². The second kappa shape index (κ2) is 13.1. The SMILES string of the molecule is C[C@@H]1CN(CC(=O)N2c3cc(Cc4ccc(F)cc4)cnc3OC[C@@H]2c2ccccc2)[C@@H](CN2[C@H](C)COC[C@H]2C)CN1. The maximum atomic E-state index is 14.5. The lowest BCUT2D eigenvalue weighted by molar-refractivity contribution is -0.122. The van der Waals surface area contributed by atoms with E-state index < -0.39 is 0 Å². The van der Waals surface area contributed by atoms with Gasteiger partial charge < -0.3 is 14.8 Å². The van der Waals surface area contributed by atoms with Gasteiger partial charge in [0.25, 0.3) is 0 Å². The second-order valence-electron chi connectivity index (χ2n) is 12.3. The maximum Gasteiger partial charge on any atom is 0.242 e. The standard InChI is InChI=1S/C34H42FN5O3/c1-23-17-38(30(16-36-23)18-39-24(2)20-42-21-25(39)3)19-33(41)40-31-14-27(13-26-9-11-29(35)12-10-26)15-37-34(31)43-22-32(40)28-7-5-4-6-8-28/h4-12,14-15,23-25,30,32,36H,13,16-22H2,1-3H3/t23-,24-,25-,30-,32-/m1/s1. The number of pyridine rings is 1. The molecule has 0 aliphatic carbocycles. The van der Waals surface area contributed by atoms with E-state index >= 15 is 0 Å². The average Bonchev–Trinajstić information content (AvgIpc) is 3.01. The lowest BCUT2D eigenvalue weighted by Crippen LogP contribution is -2.63. The van der Waals surface area contributed by atoms with Gasteiger partial charge in [-0.15, -0.1) is 0 Å². The van der Waals surface area contributed by atoms with Gasteiger partial charge >= 0.3 is 0 Å². The molecule has 228 valence electrons. The number of nitrogens with one attached hydrogen (secondary N) is 1. The molecule has 4 heterocycles. The number of nitrogens with zero attached hydrogens (tertiary/aromatic N) is 4. The van der Waals surface area contributed by atoms with E-state index in [0.29, 0.717) is 43.2 Å². The number of anilines is 1. The lowest BCUT2D eigenvalue weighted by atomic mass is 10.0. The van der Waals surface area contributed by atoms with E-state index in [-0.39, 0.29) is 29.8 Å². The Morgan fingerprint density at radius 2 is 1.74 bits per heavy atom. The largest absolute Gasteiger partial charge is 0.474 e. The van der Waals surface area contributed by atoms with Crippen molar-refractivity contribution in [3.05, 3.63) is 89.4 Å². The van der Waals surface area contributed by atoms with Crippen LogP contribution < -0.4 is 15.0 Å². The van der Waals surface area contributed by atoms with Gasteiger partial charge in [-0.3, -0.25) is 19.5 Å². The number of amides is 1. The molecule has 6 rings (SSSR count). The summed E-state index contributed by atoms with van der Waals surface area (Å²) < 4.78 is 25.4. The third kappa shape index (κ3) is 6.75. The van der Waals surface area contributed by atoms with E-state index in [9.17, 15) is 9.18 Å². The summed E-state index contributed by atoms with van der Waals surface area (Å²) in [4.78, 5) is 25.9. The van der Waals surface area contributed by atoms with Crippen LogP contribution in [0.25, 0.3) is 0 Å². The molecule has 2 saturated heterocycles. The van der Waals surface area contributed by atoms with E-state index in [1.54, 1.807) is 18.3 Å². The van der Waals surface area contributed by atoms with Crippen molar-refractivity contribution in [2.75, 3.05) is 50.9 Å². The summed E-state index contributed by atoms with van der Waals surface area (Å²) >= 11 is 0. The van der Waals surface area contributed by atoms with E-state index in [0.717, 1.165) is 49.5 Å². The molecule has 1 aromatic heterocycles. The zero-order valence-electron chi connectivity index (χ0n) is 25.3. The van der Waals surface area contributed by atoms with Crippen LogP contribution in [0.3, 0.4) is 0 Å². The quantitative estimate of drug-likeness (QED) is 0.447. The number of carbonyl (C=O) groups is 1. The smallest absolute Gasteiger partial charge is 0.242 e. The Morgan fingerprint density at radius 3 is 2.49 bits per heavy atom. The summed E-state index contributed by atoms with van der Waals surface area (Å²) in [7, 11) is 0. The van der Waals surface area contributed by atoms with Crippen LogP contribution in [0.1, 0.15) is 43.5 Å². The highest BCUT2D eigenvalue weighted by Gasteiger charge is 2.38. The number of benzene rings is 2. The molecule has 9 heteroatoms. The minimum Gasteiger partial charge on any atom is -0.474 e. The van der Waals surface area contributed by atoms with Gasteiger partial charge in [0.1, 0.15) is 18.1 Å². The van der Waals surface area contributed by atoms with Gasteiger partial charge in [-0.05, 0) is 62.1 Å². The molecule has 1 amide bonds. The lowest BCUT2D eigenvalue weighted by Gasteiger charge is -2.46. The average molecular weight is 588 g/mol. The van der Waals surface area contributed by atoms with Gasteiger partial charge in [-0.25, -0.2) is 9.37 Å². The molecule has 0 spiro atoms. The Kier molecular flexibility index (Phi) is 9.04. The van der Waals surface area contributed by atoms with Gasteiger partial charge in [0.05, 0.1) is 25.8 Å². The molecule has 2 fully saturated rings. The van der Waals surface area contributed by atoms with Crippen molar-refractivity contribution in [3.63, 3.8) is 0 Å². The second-order valence-corrected chi connectivity index (χ2v) is 12.3. The van der Waals surface area contributed by atoms with Gasteiger partial charge in [-0.2, -0.15) is 0 Å². The number of halogens is 1. The van der Waals surface area contributed by atoms with Crippen LogP contribution in [0.5, 0.6) is 5.88 Å². The van der Waals surface area contributed by atoms with Crippen LogP contribution in [-0.2, 0) is 16.0 Å². The third-order valence-corrected chi connectivity index (χ3v) is 8.95. The van der Waals surface area contributed by atoms with Crippen molar-refractivity contribution < 1.29 is 18.7 Å². The molecule has 0 saturated carbocycles. The Morgan fingerprint density at radius 1 is 1.00 bits per heavy atom. The number of aromatic nitrogens is 1. The molecule has 8 nitrogen and oxygen atoms in total. The van der Waals surface area contributed by atoms with Gasteiger partial charge in [0.15, 0.2) is 0 Å². The number of fused-ring (bicyclic) bond motifs is 1. The molecule has 0 unspecified atom stereocenters. The first kappa shape index (κ1) is 29.7. The molecule has 3 aromatic rings. The highest BCUT2D eigenvalue weighted by atomic mass is 19.1. The summed E-state index contributed by atoms with van der Waals surface area (Å²) in [6.45, 7) is 11.2. The van der Waals surface area contributed by atoms with Crippen LogP contribution in [-0.4, -0.2) is 90.9 Å². The summed E-state index contributed by atoms with van der Waals surface area (Å²) in [5.41, 5.74) is 3.61. The number of carbonyl (C=O) groups excluding carboxylic acids is 1. The number of ether oxygens (including phenoxy) is 2. The molecule has 2 aromatic carbocycles. The normalized spacial score (nSPS) is 26.5. The molecule has 0 bridgehead atoms. The number of rotatable bonds is 7. The first-order valence-corrected chi connectivity index (χ1v) is 15.4. The molecule has 3 aliphatic rings. The Bertz CT molecular complexity index is 1380. The summed E-state index contributed by atoms with van der Waals surface area (Å²) in [6.07, 6.45) is 2.36. The monoisotopic (exact) mass is 587 g/mol. The van der Waals surface area contributed by atoms with Gasteiger partial charge in [0, 0.05) is 50.0 Å². The highest BCUT2D eigenvalue weighted by molar-refractivity contribution is 5.97. The first-order chi connectivity index (χ1) is 20.9. The van der Waals surface area contributed by atoms with E-state index in [1.165, 1.54) is 12.1 Å². The molecule has 43 heavy (non-hydrogen) atoms. The van der Waals surface area contributed by atoms with Gasteiger partial charge in [0.2, 0.25) is 11.8 Å². The minimum atomic E-state index is -0.276. The van der Waals surface area contributed by atoms with Crippen molar-refractivity contribution in [2.45, 2.75) is 57.4 Å². The Balaban J connectivity index is 1.29. The molecular formula is C34H42FN5O3. The fraction of sp³-hybridized carbons (Fsp3) is 0.471. The van der Waals surface area contributed by atoms with Crippen LogP contribution in [0, 0.1) is 5.82 Å². The number of hydrogen-bond acceptors (Lipinski definition) is 7. The fourth-order valence-corrected chi connectivity index (χ4v) is 6.62. The Hall–Kier alpha value is -3.37. The van der Waals surface area contributed by atoms with E-state index in [4.69, 9.17) is 9.47 Å². The summed E-state index contributed by atoms with van der Waals surface area (Å²) in [6, 6.07) is 19.4. The topological polar surface area (TPSA) is 70.2 Å². The zero-order chi connectivity index (χ0) is 29.9. The number of morpholine rings is 1. The van der Waals surface area contributed by atoms with E-state index in [2.05, 4.69) is 40.9 Å². The highest BCUT2D eigenvalue weighted by Crippen LogP contribution is 2.39. The van der Waals surface area contributed by atoms with Gasteiger partial charge in [-0.1, -0.05) is 42.5 Å².